The average Bonchev–Trinajstić information content (AvgIpc) is 3.25. The van der Waals surface area contributed by atoms with Crippen LogP contribution >= 0.6 is 0 Å². The van der Waals surface area contributed by atoms with Gasteiger partial charge in [-0.25, -0.2) is 0 Å². The largest absolute Gasteiger partial charge is 0.491 e. The van der Waals surface area contributed by atoms with Crippen molar-refractivity contribution in [2.45, 2.75) is 155 Å². The minimum absolute atomic E-state index is 0.526. The van der Waals surface area contributed by atoms with Crippen LogP contribution < -0.4 is 4.74 Å². The lowest BCUT2D eigenvalue weighted by atomic mass is 10.0. The van der Waals surface area contributed by atoms with Gasteiger partial charge in [-0.3, -0.25) is 0 Å². The third kappa shape index (κ3) is 44.5. The Bertz CT molecular complexity index is 905. The molecule has 0 amide bonds. The van der Waals surface area contributed by atoms with Gasteiger partial charge in [-0.15, -0.1) is 0 Å². The Kier molecular flexibility index (Phi) is 46.5. The van der Waals surface area contributed by atoms with Crippen LogP contribution in [-0.2, 0) is 49.1 Å². The van der Waals surface area contributed by atoms with Gasteiger partial charge in [-0.2, -0.15) is 0 Å². The van der Waals surface area contributed by atoms with Crippen molar-refractivity contribution in [2.75, 3.05) is 126 Å². The van der Waals surface area contributed by atoms with Crippen LogP contribution in [-0.4, -0.2) is 126 Å². The molecule has 0 unspecified atom stereocenters. The SMILES string of the molecule is CCCCCCCCCCCCCCCCOCCOCCOCCOCCOCCOCCOCCOCCOCCOc1ccc(CCCCCCCCC)cc1. The summed E-state index contributed by atoms with van der Waals surface area (Å²) in [7, 11) is 0. The van der Waals surface area contributed by atoms with E-state index in [2.05, 4.69) is 38.1 Å². The van der Waals surface area contributed by atoms with E-state index in [1.165, 1.54) is 134 Å². The highest BCUT2D eigenvalue weighted by Gasteiger charge is 2.00. The van der Waals surface area contributed by atoms with Crippen LogP contribution in [0.1, 0.15) is 154 Å². The molecule has 1 aromatic carbocycles. The topological polar surface area (TPSA) is 92.3 Å². The average molecular weight is 841 g/mol. The number of benzene rings is 1. The first-order valence-corrected chi connectivity index (χ1v) is 24.3. The standard InChI is InChI=1S/C49H92O10/c1-3-5-7-9-11-12-13-14-15-16-17-19-21-23-29-50-30-31-51-32-33-52-34-35-53-36-37-54-38-39-55-40-41-56-42-43-57-44-45-58-46-47-59-49-27-25-48(26-28-49)24-22-20-18-10-8-6-4-2/h25-28H,3-24,29-47H2,1-2H3. The zero-order chi connectivity index (χ0) is 42.0. The smallest absolute Gasteiger partial charge is 0.119 e. The summed E-state index contributed by atoms with van der Waals surface area (Å²) in [6, 6.07) is 8.48. The van der Waals surface area contributed by atoms with Gasteiger partial charge in [0.2, 0.25) is 0 Å². The van der Waals surface area contributed by atoms with Crippen LogP contribution in [0.5, 0.6) is 5.75 Å². The van der Waals surface area contributed by atoms with Crippen molar-refractivity contribution in [1.29, 1.82) is 0 Å². The molecule has 0 fully saturated rings. The number of rotatable bonds is 51. The van der Waals surface area contributed by atoms with Crippen molar-refractivity contribution in [3.05, 3.63) is 29.8 Å². The summed E-state index contributed by atoms with van der Waals surface area (Å²) in [4.78, 5) is 0. The number of ether oxygens (including phenoxy) is 10. The molecule has 1 rings (SSSR count). The van der Waals surface area contributed by atoms with E-state index in [9.17, 15) is 0 Å². The van der Waals surface area contributed by atoms with E-state index in [1.54, 1.807) is 0 Å². The Morgan fingerprint density at radius 3 is 0.831 bits per heavy atom. The molecular formula is C49H92O10. The molecular weight excluding hydrogens is 749 g/mol. The number of hydrogen-bond acceptors (Lipinski definition) is 10. The lowest BCUT2D eigenvalue weighted by Crippen LogP contribution is -2.15. The van der Waals surface area contributed by atoms with E-state index in [1.807, 2.05) is 0 Å². The van der Waals surface area contributed by atoms with Gasteiger partial charge in [0.1, 0.15) is 12.4 Å². The predicted octanol–water partition coefficient (Wildman–Crippen LogP) is 11.0. The highest BCUT2D eigenvalue weighted by Crippen LogP contribution is 2.16. The second-order valence-electron chi connectivity index (χ2n) is 15.5. The summed E-state index contributed by atoms with van der Waals surface area (Å²) in [5, 5.41) is 0. The van der Waals surface area contributed by atoms with Gasteiger partial charge in [-0.05, 0) is 37.0 Å². The van der Waals surface area contributed by atoms with Crippen LogP contribution in [0.4, 0.5) is 0 Å². The zero-order valence-corrected chi connectivity index (χ0v) is 38.4. The van der Waals surface area contributed by atoms with Crippen molar-refractivity contribution in [3.63, 3.8) is 0 Å². The van der Waals surface area contributed by atoms with Crippen LogP contribution in [0.25, 0.3) is 0 Å². The Morgan fingerprint density at radius 1 is 0.254 bits per heavy atom. The molecule has 0 aliphatic heterocycles. The first-order valence-electron chi connectivity index (χ1n) is 24.3. The Hall–Kier alpha value is -1.34. The fourth-order valence-corrected chi connectivity index (χ4v) is 6.52. The minimum atomic E-state index is 0.526. The van der Waals surface area contributed by atoms with Crippen LogP contribution in [0.3, 0.4) is 0 Å². The monoisotopic (exact) mass is 841 g/mol. The molecule has 1 aromatic rings. The van der Waals surface area contributed by atoms with E-state index in [-0.39, 0.29) is 0 Å². The quantitative estimate of drug-likeness (QED) is 0.0591. The van der Waals surface area contributed by atoms with Gasteiger partial charge in [0.15, 0.2) is 0 Å². The Labute approximate surface area is 362 Å². The van der Waals surface area contributed by atoms with Gasteiger partial charge < -0.3 is 47.4 Å². The molecule has 59 heavy (non-hydrogen) atoms. The highest BCUT2D eigenvalue weighted by molar-refractivity contribution is 5.27. The minimum Gasteiger partial charge on any atom is -0.491 e. The molecule has 0 atom stereocenters. The van der Waals surface area contributed by atoms with Gasteiger partial charge in [0, 0.05) is 6.61 Å². The first kappa shape index (κ1) is 55.7. The maximum atomic E-state index is 5.80. The normalized spacial score (nSPS) is 11.6. The summed E-state index contributed by atoms with van der Waals surface area (Å²) < 4.78 is 56.0. The summed E-state index contributed by atoms with van der Waals surface area (Å²) >= 11 is 0. The molecule has 0 bridgehead atoms. The fraction of sp³-hybridized carbons (Fsp3) is 0.878. The predicted molar refractivity (Wildman–Crippen MR) is 241 cm³/mol. The molecule has 0 radical (unpaired) electrons. The van der Waals surface area contributed by atoms with E-state index in [0.29, 0.717) is 119 Å². The summed E-state index contributed by atoms with van der Waals surface area (Å²) in [6.07, 6.45) is 29.8. The van der Waals surface area contributed by atoms with Crippen LogP contribution in [0, 0.1) is 0 Å². The first-order chi connectivity index (χ1) is 29.4. The second kappa shape index (κ2) is 49.3. The van der Waals surface area contributed by atoms with E-state index < -0.39 is 0 Å². The fourth-order valence-electron chi connectivity index (χ4n) is 6.52. The van der Waals surface area contributed by atoms with Crippen molar-refractivity contribution in [2.24, 2.45) is 0 Å². The molecule has 0 saturated carbocycles. The third-order valence-electron chi connectivity index (χ3n) is 10.1. The molecule has 0 N–H and O–H groups in total. The van der Waals surface area contributed by atoms with Gasteiger partial charge in [0.05, 0.1) is 112 Å². The maximum Gasteiger partial charge on any atom is 0.119 e. The summed E-state index contributed by atoms with van der Waals surface area (Å²) in [5.74, 6) is 0.892. The molecule has 0 aliphatic carbocycles. The van der Waals surface area contributed by atoms with Crippen molar-refractivity contribution >= 4 is 0 Å². The van der Waals surface area contributed by atoms with Crippen molar-refractivity contribution in [1.82, 2.24) is 0 Å². The molecule has 10 heteroatoms. The number of unbranched alkanes of at least 4 members (excludes halogenated alkanes) is 19. The lowest BCUT2D eigenvalue weighted by Gasteiger charge is -2.09. The Balaban J connectivity index is 1.66. The van der Waals surface area contributed by atoms with Crippen molar-refractivity contribution < 1.29 is 47.4 Å². The molecule has 0 heterocycles. The lowest BCUT2D eigenvalue weighted by molar-refractivity contribution is -0.0254. The van der Waals surface area contributed by atoms with Gasteiger partial charge in [-0.1, -0.05) is 148 Å². The van der Waals surface area contributed by atoms with Crippen LogP contribution in [0.15, 0.2) is 24.3 Å². The molecule has 0 spiro atoms. The maximum absolute atomic E-state index is 5.80. The van der Waals surface area contributed by atoms with Gasteiger partial charge >= 0.3 is 0 Å². The second-order valence-corrected chi connectivity index (χ2v) is 15.5. The molecule has 0 aromatic heterocycles. The summed E-state index contributed by atoms with van der Waals surface area (Å²) in [5.41, 5.74) is 1.38. The molecule has 10 nitrogen and oxygen atoms in total. The highest BCUT2D eigenvalue weighted by atomic mass is 16.6. The third-order valence-corrected chi connectivity index (χ3v) is 10.1. The Morgan fingerprint density at radius 2 is 0.508 bits per heavy atom. The van der Waals surface area contributed by atoms with E-state index >= 15 is 0 Å². The molecule has 0 aliphatic rings. The summed E-state index contributed by atoms with van der Waals surface area (Å²) in [6.45, 7) is 15.3. The zero-order valence-electron chi connectivity index (χ0n) is 38.4. The van der Waals surface area contributed by atoms with Gasteiger partial charge in [0.25, 0.3) is 0 Å². The van der Waals surface area contributed by atoms with E-state index in [4.69, 9.17) is 47.4 Å². The van der Waals surface area contributed by atoms with E-state index in [0.717, 1.165) is 25.2 Å². The number of hydrogen-bond donors (Lipinski definition) is 0. The molecule has 348 valence electrons. The van der Waals surface area contributed by atoms with Crippen molar-refractivity contribution in [3.8, 4) is 5.75 Å². The molecule has 0 saturated heterocycles. The number of aryl methyl sites for hydroxylation is 1. The van der Waals surface area contributed by atoms with Crippen LogP contribution in [0.2, 0.25) is 0 Å².